The Balaban J connectivity index is 2.03. The van der Waals surface area contributed by atoms with Crippen molar-refractivity contribution in [3.05, 3.63) is 60.2 Å². The van der Waals surface area contributed by atoms with E-state index < -0.39 is 0 Å². The van der Waals surface area contributed by atoms with E-state index >= 15 is 0 Å². The van der Waals surface area contributed by atoms with Gasteiger partial charge in [0.2, 0.25) is 11.8 Å². The number of hydrogen-bond acceptors (Lipinski definition) is 2. The van der Waals surface area contributed by atoms with Crippen molar-refractivity contribution in [2.45, 2.75) is 19.8 Å². The molecule has 126 valence electrons. The highest BCUT2D eigenvalue weighted by Crippen LogP contribution is 2.19. The second-order valence-electron chi connectivity index (χ2n) is 5.73. The van der Waals surface area contributed by atoms with Gasteiger partial charge in [0.1, 0.15) is 0 Å². The largest absolute Gasteiger partial charge is 0.358 e. The van der Waals surface area contributed by atoms with Gasteiger partial charge >= 0.3 is 0 Å². The standard InChI is InChI=1S/C20H24N2O2/c1-3-13-22(15-19(23)21-2)20(24)14-16-9-11-18(12-10-16)17-7-5-4-6-8-17/h4-12H,3,13-15H2,1-2H3,(H,21,23). The van der Waals surface area contributed by atoms with E-state index in [9.17, 15) is 9.59 Å². The Labute approximate surface area is 143 Å². The van der Waals surface area contributed by atoms with Crippen molar-refractivity contribution in [1.29, 1.82) is 0 Å². The smallest absolute Gasteiger partial charge is 0.239 e. The Hall–Kier alpha value is -2.62. The monoisotopic (exact) mass is 324 g/mol. The van der Waals surface area contributed by atoms with Crippen molar-refractivity contribution in [3.63, 3.8) is 0 Å². The number of carbonyl (C=O) groups is 2. The molecule has 2 rings (SSSR count). The number of amides is 2. The average molecular weight is 324 g/mol. The van der Waals surface area contributed by atoms with Crippen LogP contribution in [0.25, 0.3) is 11.1 Å². The Morgan fingerprint density at radius 2 is 1.58 bits per heavy atom. The molecule has 0 bridgehead atoms. The fraction of sp³-hybridized carbons (Fsp3) is 0.300. The lowest BCUT2D eigenvalue weighted by atomic mass is 10.0. The third-order valence-corrected chi connectivity index (χ3v) is 3.88. The third kappa shape index (κ3) is 4.95. The van der Waals surface area contributed by atoms with Crippen LogP contribution in [0.1, 0.15) is 18.9 Å². The van der Waals surface area contributed by atoms with E-state index in [0.717, 1.165) is 23.1 Å². The van der Waals surface area contributed by atoms with Gasteiger partial charge in [-0.05, 0) is 23.1 Å². The molecular formula is C20H24N2O2. The molecule has 1 N–H and O–H groups in total. The molecule has 0 fully saturated rings. The summed E-state index contributed by atoms with van der Waals surface area (Å²) in [6.45, 7) is 2.71. The molecule has 24 heavy (non-hydrogen) atoms. The SMILES string of the molecule is CCCN(CC(=O)NC)C(=O)Cc1ccc(-c2ccccc2)cc1. The normalized spacial score (nSPS) is 10.2. The van der Waals surface area contributed by atoms with Gasteiger partial charge in [-0.3, -0.25) is 9.59 Å². The van der Waals surface area contributed by atoms with Crippen LogP contribution in [0.2, 0.25) is 0 Å². The molecule has 2 aromatic rings. The number of benzene rings is 2. The molecular weight excluding hydrogens is 300 g/mol. The Kier molecular flexibility index (Phi) is 6.55. The highest BCUT2D eigenvalue weighted by atomic mass is 16.2. The van der Waals surface area contributed by atoms with Gasteiger partial charge in [0.15, 0.2) is 0 Å². The summed E-state index contributed by atoms with van der Waals surface area (Å²) in [5.74, 6) is -0.163. The van der Waals surface area contributed by atoms with Crippen molar-refractivity contribution in [1.82, 2.24) is 10.2 Å². The number of carbonyl (C=O) groups excluding carboxylic acids is 2. The Morgan fingerprint density at radius 3 is 2.17 bits per heavy atom. The summed E-state index contributed by atoms with van der Waals surface area (Å²) in [4.78, 5) is 25.6. The Morgan fingerprint density at radius 1 is 0.958 bits per heavy atom. The molecule has 4 nitrogen and oxygen atoms in total. The van der Waals surface area contributed by atoms with Gasteiger partial charge < -0.3 is 10.2 Å². The maximum Gasteiger partial charge on any atom is 0.239 e. The van der Waals surface area contributed by atoms with E-state index in [-0.39, 0.29) is 18.4 Å². The van der Waals surface area contributed by atoms with Crippen LogP contribution in [0, 0.1) is 0 Å². The molecule has 0 aliphatic rings. The first kappa shape index (κ1) is 17.7. The zero-order valence-electron chi connectivity index (χ0n) is 14.3. The fourth-order valence-corrected chi connectivity index (χ4v) is 2.55. The van der Waals surface area contributed by atoms with E-state index in [4.69, 9.17) is 0 Å². The summed E-state index contributed by atoms with van der Waals surface area (Å²) in [7, 11) is 1.58. The minimum absolute atomic E-state index is 0.0205. The van der Waals surface area contributed by atoms with Gasteiger partial charge in [-0.25, -0.2) is 0 Å². The molecule has 0 atom stereocenters. The predicted molar refractivity (Wildman–Crippen MR) is 96.5 cm³/mol. The molecule has 0 unspecified atom stereocenters. The number of nitrogens with zero attached hydrogens (tertiary/aromatic N) is 1. The number of nitrogens with one attached hydrogen (secondary N) is 1. The topological polar surface area (TPSA) is 49.4 Å². The van der Waals surface area contributed by atoms with E-state index in [1.807, 2.05) is 49.4 Å². The van der Waals surface area contributed by atoms with E-state index in [0.29, 0.717) is 13.0 Å². The first-order valence-corrected chi connectivity index (χ1v) is 8.26. The molecule has 0 aliphatic heterocycles. The lowest BCUT2D eigenvalue weighted by Gasteiger charge is -2.21. The second kappa shape index (κ2) is 8.87. The summed E-state index contributed by atoms with van der Waals surface area (Å²) >= 11 is 0. The average Bonchev–Trinajstić information content (AvgIpc) is 2.62. The third-order valence-electron chi connectivity index (χ3n) is 3.88. The summed E-state index contributed by atoms with van der Waals surface area (Å²) in [5.41, 5.74) is 3.24. The van der Waals surface area contributed by atoms with E-state index in [1.165, 1.54) is 0 Å². The summed E-state index contributed by atoms with van der Waals surface area (Å²) < 4.78 is 0. The minimum atomic E-state index is -0.142. The van der Waals surface area contributed by atoms with Gasteiger partial charge in [0.05, 0.1) is 13.0 Å². The lowest BCUT2D eigenvalue weighted by Crippen LogP contribution is -2.40. The van der Waals surface area contributed by atoms with Gasteiger partial charge in [-0.15, -0.1) is 0 Å². The first-order chi connectivity index (χ1) is 11.6. The van der Waals surface area contributed by atoms with Crippen molar-refractivity contribution in [2.24, 2.45) is 0 Å². The maximum atomic E-state index is 12.5. The van der Waals surface area contributed by atoms with Crippen LogP contribution in [0.15, 0.2) is 54.6 Å². The molecule has 4 heteroatoms. The highest BCUT2D eigenvalue weighted by Gasteiger charge is 2.16. The quantitative estimate of drug-likeness (QED) is 0.851. The zero-order valence-corrected chi connectivity index (χ0v) is 14.3. The van der Waals surface area contributed by atoms with Crippen molar-refractivity contribution >= 4 is 11.8 Å². The molecule has 0 radical (unpaired) electrons. The van der Waals surface area contributed by atoms with Gasteiger partial charge in [-0.2, -0.15) is 0 Å². The number of hydrogen-bond donors (Lipinski definition) is 1. The summed E-state index contributed by atoms with van der Waals surface area (Å²) in [5, 5.41) is 2.57. The van der Waals surface area contributed by atoms with Crippen molar-refractivity contribution in [2.75, 3.05) is 20.1 Å². The number of likely N-dealkylation sites (N-methyl/N-ethyl adjacent to an activating group) is 1. The van der Waals surface area contributed by atoms with Crippen LogP contribution in [-0.2, 0) is 16.0 Å². The summed E-state index contributed by atoms with van der Waals surface area (Å²) in [6, 6.07) is 18.1. The maximum absolute atomic E-state index is 12.5. The van der Waals surface area contributed by atoms with Crippen LogP contribution < -0.4 is 5.32 Å². The molecule has 0 saturated carbocycles. The van der Waals surface area contributed by atoms with Crippen LogP contribution in [0.5, 0.6) is 0 Å². The fourth-order valence-electron chi connectivity index (χ4n) is 2.55. The molecule has 0 spiro atoms. The van der Waals surface area contributed by atoms with Gasteiger partial charge in [0, 0.05) is 13.6 Å². The highest BCUT2D eigenvalue weighted by molar-refractivity contribution is 5.85. The van der Waals surface area contributed by atoms with Crippen LogP contribution in [0.4, 0.5) is 0 Å². The number of rotatable bonds is 7. The lowest BCUT2D eigenvalue weighted by molar-refractivity contribution is -0.135. The molecule has 2 amide bonds. The van der Waals surface area contributed by atoms with Crippen molar-refractivity contribution in [3.8, 4) is 11.1 Å². The summed E-state index contributed by atoms with van der Waals surface area (Å²) in [6.07, 6.45) is 1.14. The molecule has 0 aliphatic carbocycles. The van der Waals surface area contributed by atoms with E-state index in [2.05, 4.69) is 17.4 Å². The second-order valence-corrected chi connectivity index (χ2v) is 5.73. The molecule has 0 heterocycles. The van der Waals surface area contributed by atoms with Gasteiger partial charge in [-0.1, -0.05) is 61.5 Å². The Bertz CT molecular complexity index is 666. The van der Waals surface area contributed by atoms with Crippen molar-refractivity contribution < 1.29 is 9.59 Å². The van der Waals surface area contributed by atoms with Crippen LogP contribution >= 0.6 is 0 Å². The predicted octanol–water partition coefficient (Wildman–Crippen LogP) is 2.88. The first-order valence-electron chi connectivity index (χ1n) is 8.26. The van der Waals surface area contributed by atoms with E-state index in [1.54, 1.807) is 11.9 Å². The molecule has 2 aromatic carbocycles. The molecule has 0 aromatic heterocycles. The van der Waals surface area contributed by atoms with Crippen LogP contribution in [-0.4, -0.2) is 36.9 Å². The van der Waals surface area contributed by atoms with Gasteiger partial charge in [0.25, 0.3) is 0 Å². The van der Waals surface area contributed by atoms with Crippen LogP contribution in [0.3, 0.4) is 0 Å². The zero-order chi connectivity index (χ0) is 17.4. The minimum Gasteiger partial charge on any atom is -0.358 e. The molecule has 0 saturated heterocycles.